The number of nitrogens with one attached hydrogen (secondary N) is 1. The van der Waals surface area contributed by atoms with Gasteiger partial charge >= 0.3 is 0 Å². The molecule has 0 radical (unpaired) electrons. The molecule has 1 nitrogen and oxygen atoms in total. The predicted molar refractivity (Wildman–Crippen MR) is 109 cm³/mol. The molecule has 0 aliphatic heterocycles. The van der Waals surface area contributed by atoms with Gasteiger partial charge in [0.15, 0.2) is 0 Å². The van der Waals surface area contributed by atoms with Crippen molar-refractivity contribution in [3.8, 4) is 0 Å². The maximum atomic E-state index is 2.75. The first-order chi connectivity index (χ1) is 12.1. The van der Waals surface area contributed by atoms with Gasteiger partial charge in [-0.3, -0.25) is 0 Å². The molecule has 3 aromatic rings. The molecule has 0 aromatic heterocycles. The van der Waals surface area contributed by atoms with E-state index in [9.17, 15) is 0 Å². The van der Waals surface area contributed by atoms with Gasteiger partial charge in [0.2, 0.25) is 0 Å². The molecular formula is C24H29N. The fourth-order valence-electron chi connectivity index (χ4n) is 3.23. The quantitative estimate of drug-likeness (QED) is 0.614. The van der Waals surface area contributed by atoms with Crippen LogP contribution in [0.25, 0.3) is 0 Å². The zero-order valence-corrected chi connectivity index (χ0v) is 16.0. The normalized spacial score (nSPS) is 10.3. The standard InChI is InChI=1S/C22H22.C2H7N/c1-16-10-4-7-13-19(16)22(20-14-8-5-11-17(20)2)21-15-9-6-12-18(21)3;1-3-2/h4-15,22H,1-3H3;3H,1-2H3. The number of aryl methyl sites for hydroxylation is 3. The molecule has 0 atom stereocenters. The van der Waals surface area contributed by atoms with Crippen molar-refractivity contribution in [1.29, 1.82) is 0 Å². The van der Waals surface area contributed by atoms with Gasteiger partial charge in [-0.2, -0.15) is 0 Å². The van der Waals surface area contributed by atoms with E-state index in [-0.39, 0.29) is 0 Å². The van der Waals surface area contributed by atoms with Crippen molar-refractivity contribution in [2.75, 3.05) is 14.1 Å². The second kappa shape index (κ2) is 9.19. The molecule has 0 fully saturated rings. The number of hydrogen-bond donors (Lipinski definition) is 1. The molecule has 130 valence electrons. The summed E-state index contributed by atoms with van der Waals surface area (Å²) in [4.78, 5) is 0. The zero-order valence-electron chi connectivity index (χ0n) is 16.0. The molecule has 0 spiro atoms. The maximum Gasteiger partial charge on any atom is 0.0347 e. The van der Waals surface area contributed by atoms with E-state index in [1.165, 1.54) is 33.4 Å². The molecule has 0 unspecified atom stereocenters. The number of benzene rings is 3. The summed E-state index contributed by atoms with van der Waals surface area (Å²) >= 11 is 0. The van der Waals surface area contributed by atoms with Gasteiger partial charge in [-0.1, -0.05) is 72.8 Å². The average Bonchev–Trinajstić information content (AvgIpc) is 2.60. The Labute approximate surface area is 152 Å². The smallest absolute Gasteiger partial charge is 0.0347 e. The maximum absolute atomic E-state index is 2.75. The molecule has 0 aliphatic carbocycles. The lowest BCUT2D eigenvalue weighted by Crippen LogP contribution is -2.08. The van der Waals surface area contributed by atoms with Gasteiger partial charge in [-0.25, -0.2) is 0 Å². The number of hydrogen-bond acceptors (Lipinski definition) is 1. The first-order valence-corrected chi connectivity index (χ1v) is 8.85. The predicted octanol–water partition coefficient (Wildman–Crippen LogP) is 5.63. The molecule has 25 heavy (non-hydrogen) atoms. The summed E-state index contributed by atoms with van der Waals surface area (Å²) in [6.45, 7) is 6.62. The van der Waals surface area contributed by atoms with Gasteiger partial charge in [-0.05, 0) is 68.2 Å². The van der Waals surface area contributed by atoms with E-state index in [1.807, 2.05) is 14.1 Å². The minimum Gasteiger partial charge on any atom is -0.323 e. The van der Waals surface area contributed by atoms with E-state index in [1.54, 1.807) is 0 Å². The Morgan fingerprint density at radius 3 is 1.00 bits per heavy atom. The fourth-order valence-corrected chi connectivity index (χ4v) is 3.23. The summed E-state index contributed by atoms with van der Waals surface area (Å²) in [5, 5.41) is 2.75. The molecule has 3 aromatic carbocycles. The SMILES string of the molecule is CNC.Cc1ccccc1C(c1ccccc1C)c1ccccc1C. The molecule has 0 saturated carbocycles. The van der Waals surface area contributed by atoms with Crippen molar-refractivity contribution in [2.45, 2.75) is 26.7 Å². The van der Waals surface area contributed by atoms with Gasteiger partial charge in [0, 0.05) is 5.92 Å². The highest BCUT2D eigenvalue weighted by atomic mass is 14.7. The van der Waals surface area contributed by atoms with Crippen LogP contribution >= 0.6 is 0 Å². The Morgan fingerprint density at radius 1 is 0.520 bits per heavy atom. The van der Waals surface area contributed by atoms with E-state index >= 15 is 0 Å². The van der Waals surface area contributed by atoms with E-state index in [4.69, 9.17) is 0 Å². The summed E-state index contributed by atoms with van der Waals surface area (Å²) in [6.07, 6.45) is 0. The minimum absolute atomic E-state index is 0.295. The third-order valence-electron chi connectivity index (χ3n) is 4.50. The monoisotopic (exact) mass is 331 g/mol. The Hall–Kier alpha value is -2.38. The van der Waals surface area contributed by atoms with Gasteiger partial charge in [0.05, 0.1) is 0 Å². The lowest BCUT2D eigenvalue weighted by Gasteiger charge is -2.24. The first kappa shape index (κ1) is 19.0. The highest BCUT2D eigenvalue weighted by Crippen LogP contribution is 2.36. The molecule has 1 N–H and O–H groups in total. The van der Waals surface area contributed by atoms with Crippen LogP contribution in [-0.2, 0) is 0 Å². The molecule has 0 aliphatic rings. The van der Waals surface area contributed by atoms with Crippen molar-refractivity contribution in [3.05, 3.63) is 106 Å². The Bertz CT molecular complexity index is 696. The third kappa shape index (κ3) is 4.58. The second-order valence-corrected chi connectivity index (χ2v) is 6.50. The molecule has 0 amide bonds. The van der Waals surface area contributed by atoms with Crippen LogP contribution in [-0.4, -0.2) is 14.1 Å². The van der Waals surface area contributed by atoms with Crippen LogP contribution < -0.4 is 5.32 Å². The van der Waals surface area contributed by atoms with E-state index in [2.05, 4.69) is 98.9 Å². The van der Waals surface area contributed by atoms with Crippen LogP contribution in [0.4, 0.5) is 0 Å². The van der Waals surface area contributed by atoms with E-state index in [0.29, 0.717) is 5.92 Å². The number of rotatable bonds is 3. The minimum atomic E-state index is 0.295. The van der Waals surface area contributed by atoms with Crippen molar-refractivity contribution >= 4 is 0 Å². The zero-order chi connectivity index (χ0) is 18.2. The van der Waals surface area contributed by atoms with Crippen LogP contribution in [0.15, 0.2) is 72.8 Å². The summed E-state index contributed by atoms with van der Waals surface area (Å²) in [5.74, 6) is 0.295. The van der Waals surface area contributed by atoms with Gasteiger partial charge in [-0.15, -0.1) is 0 Å². The highest BCUT2D eigenvalue weighted by Gasteiger charge is 2.21. The lowest BCUT2D eigenvalue weighted by atomic mass is 9.80. The van der Waals surface area contributed by atoms with Crippen LogP contribution in [0, 0.1) is 20.8 Å². The van der Waals surface area contributed by atoms with Crippen LogP contribution in [0.3, 0.4) is 0 Å². The molecule has 1 heteroatoms. The third-order valence-corrected chi connectivity index (χ3v) is 4.50. The first-order valence-electron chi connectivity index (χ1n) is 8.85. The molecule has 0 heterocycles. The summed E-state index contributed by atoms with van der Waals surface area (Å²) < 4.78 is 0. The molecule has 3 rings (SSSR count). The molecular weight excluding hydrogens is 302 g/mol. The fraction of sp³-hybridized carbons (Fsp3) is 0.250. The van der Waals surface area contributed by atoms with Crippen molar-refractivity contribution < 1.29 is 0 Å². The van der Waals surface area contributed by atoms with Gasteiger partial charge < -0.3 is 5.32 Å². The molecule has 0 bridgehead atoms. The average molecular weight is 332 g/mol. The largest absolute Gasteiger partial charge is 0.323 e. The second-order valence-electron chi connectivity index (χ2n) is 6.50. The van der Waals surface area contributed by atoms with Crippen molar-refractivity contribution in [1.82, 2.24) is 5.32 Å². The van der Waals surface area contributed by atoms with E-state index in [0.717, 1.165) is 0 Å². The highest BCUT2D eigenvalue weighted by molar-refractivity contribution is 5.50. The molecule has 0 saturated heterocycles. The topological polar surface area (TPSA) is 12.0 Å². The van der Waals surface area contributed by atoms with Crippen molar-refractivity contribution in [3.63, 3.8) is 0 Å². The summed E-state index contributed by atoms with van der Waals surface area (Å²) in [5.41, 5.74) is 8.22. The van der Waals surface area contributed by atoms with E-state index < -0.39 is 0 Å². The lowest BCUT2D eigenvalue weighted by molar-refractivity contribution is 0.937. The van der Waals surface area contributed by atoms with Crippen LogP contribution in [0.2, 0.25) is 0 Å². The van der Waals surface area contributed by atoms with Crippen molar-refractivity contribution in [2.24, 2.45) is 0 Å². The van der Waals surface area contributed by atoms with Crippen LogP contribution in [0.5, 0.6) is 0 Å². The van der Waals surface area contributed by atoms with Crippen LogP contribution in [0.1, 0.15) is 39.3 Å². The Balaban J connectivity index is 0.000000701. The summed E-state index contributed by atoms with van der Waals surface area (Å²) in [7, 11) is 3.75. The summed E-state index contributed by atoms with van der Waals surface area (Å²) in [6, 6.07) is 26.2. The van der Waals surface area contributed by atoms with Gasteiger partial charge in [0.1, 0.15) is 0 Å². The Morgan fingerprint density at radius 2 is 0.760 bits per heavy atom. The Kier molecular flexibility index (Phi) is 6.97. The van der Waals surface area contributed by atoms with Gasteiger partial charge in [0.25, 0.3) is 0 Å².